The van der Waals surface area contributed by atoms with E-state index >= 15 is 0 Å². The molecular weight excluding hydrogens is 623 g/mol. The quantitative estimate of drug-likeness (QED) is 0.256. The third-order valence-electron chi connectivity index (χ3n) is 5.58. The normalized spacial score (nSPS) is 11.9. The predicted molar refractivity (Wildman–Crippen MR) is 166 cm³/mol. The molecule has 11 heteroatoms. The Labute approximate surface area is 267 Å². The fraction of sp³-hybridized carbons (Fsp3) is 0.486. The van der Waals surface area contributed by atoms with Gasteiger partial charge in [-0.05, 0) is 72.9 Å². The third-order valence-corrected chi connectivity index (χ3v) is 5.58. The molecule has 0 aromatic heterocycles. The molecule has 3 aromatic carbocycles. The van der Waals surface area contributed by atoms with Crippen molar-refractivity contribution in [3.8, 4) is 0 Å². The minimum atomic E-state index is -4.31. The van der Waals surface area contributed by atoms with Crippen molar-refractivity contribution in [3.05, 3.63) is 106 Å². The molecule has 0 saturated carbocycles. The second-order valence-corrected chi connectivity index (χ2v) is 10.8. The summed E-state index contributed by atoms with van der Waals surface area (Å²) >= 11 is 0. The van der Waals surface area contributed by atoms with Crippen LogP contribution in [0.15, 0.2) is 72.8 Å². The van der Waals surface area contributed by atoms with E-state index in [1.54, 1.807) is 25.1 Å². The van der Waals surface area contributed by atoms with Crippen LogP contribution in [0.3, 0.4) is 0 Å². The first-order chi connectivity index (χ1) is 21.2. The largest absolute Gasteiger partial charge is 0.416 e. The lowest BCUT2D eigenvalue weighted by Crippen LogP contribution is -2.08. The summed E-state index contributed by atoms with van der Waals surface area (Å²) in [5, 5.41) is 16.0. The van der Waals surface area contributed by atoms with Crippen LogP contribution in [0.5, 0.6) is 0 Å². The highest BCUT2D eigenvalue weighted by Gasteiger charge is 2.31. The van der Waals surface area contributed by atoms with Crippen molar-refractivity contribution in [2.24, 2.45) is 11.8 Å². The molecule has 0 radical (unpaired) electrons. The predicted octanol–water partition coefficient (Wildman–Crippen LogP) is 11.1. The maximum absolute atomic E-state index is 12.3. The van der Waals surface area contributed by atoms with Crippen molar-refractivity contribution >= 4 is 0 Å². The van der Waals surface area contributed by atoms with E-state index in [9.17, 15) is 39.5 Å². The fourth-order valence-electron chi connectivity index (χ4n) is 3.91. The Kier molecular flexibility index (Phi) is 21.3. The summed E-state index contributed by atoms with van der Waals surface area (Å²) in [6.07, 6.45) is -11.8. The summed E-state index contributed by atoms with van der Waals surface area (Å²) < 4.78 is 111. The number of rotatable bonds is 6. The van der Waals surface area contributed by atoms with Crippen molar-refractivity contribution in [3.63, 3.8) is 0 Å². The zero-order valence-electron chi connectivity index (χ0n) is 27.6. The molecule has 0 aliphatic rings. The van der Waals surface area contributed by atoms with Gasteiger partial charge in [-0.1, -0.05) is 96.1 Å². The number of halogens is 9. The van der Waals surface area contributed by atoms with Gasteiger partial charge in [-0.3, -0.25) is 0 Å². The molecule has 0 aliphatic heterocycles. The Balaban J connectivity index is 0. The van der Waals surface area contributed by atoms with Gasteiger partial charge in [0.05, 0.1) is 22.8 Å². The lowest BCUT2D eigenvalue weighted by Gasteiger charge is -2.09. The maximum Gasteiger partial charge on any atom is 0.416 e. The molecule has 0 aliphatic carbocycles. The maximum atomic E-state index is 12.3. The van der Waals surface area contributed by atoms with Gasteiger partial charge in [-0.25, -0.2) is 0 Å². The molecule has 0 fully saturated rings. The van der Waals surface area contributed by atoms with Gasteiger partial charge in [0.2, 0.25) is 0 Å². The Morgan fingerprint density at radius 1 is 0.478 bits per heavy atom. The van der Waals surface area contributed by atoms with Gasteiger partial charge in [-0.15, -0.1) is 0 Å². The summed E-state index contributed by atoms with van der Waals surface area (Å²) in [6.45, 7) is 13.5. The smallest absolute Gasteiger partial charge is 0.400 e. The van der Waals surface area contributed by atoms with Gasteiger partial charge in [0.15, 0.2) is 0 Å². The van der Waals surface area contributed by atoms with Gasteiger partial charge in [0.25, 0.3) is 0 Å². The first kappa shape index (κ1) is 45.1. The van der Waals surface area contributed by atoms with E-state index in [4.69, 9.17) is 10.2 Å². The van der Waals surface area contributed by atoms with Crippen LogP contribution >= 0.6 is 0 Å². The zero-order valence-corrected chi connectivity index (χ0v) is 27.6. The second-order valence-electron chi connectivity index (χ2n) is 10.8. The Morgan fingerprint density at radius 2 is 0.717 bits per heavy atom. The van der Waals surface area contributed by atoms with Gasteiger partial charge in [-0.2, -0.15) is 39.5 Å². The molecule has 0 bridgehead atoms. The molecule has 0 heterocycles. The first-order valence-electron chi connectivity index (χ1n) is 14.8. The molecule has 2 N–H and O–H groups in total. The molecule has 0 spiro atoms. The van der Waals surface area contributed by atoms with E-state index in [0.29, 0.717) is 30.2 Å². The van der Waals surface area contributed by atoms with Crippen molar-refractivity contribution in [1.29, 1.82) is 0 Å². The van der Waals surface area contributed by atoms with Crippen LogP contribution in [-0.4, -0.2) is 23.4 Å². The molecule has 0 saturated heterocycles. The van der Waals surface area contributed by atoms with Crippen LogP contribution in [0.4, 0.5) is 39.5 Å². The molecule has 262 valence electrons. The summed E-state index contributed by atoms with van der Waals surface area (Å²) in [7, 11) is 1.00. The van der Waals surface area contributed by atoms with E-state index in [-0.39, 0.29) is 6.42 Å². The Bertz CT molecular complexity index is 1060. The molecule has 2 nitrogen and oxygen atoms in total. The lowest BCUT2D eigenvalue weighted by molar-refractivity contribution is -0.138. The van der Waals surface area contributed by atoms with E-state index in [0.717, 1.165) is 42.5 Å². The molecule has 3 rings (SSSR count). The summed E-state index contributed by atoms with van der Waals surface area (Å²) in [5.74, 6) is 0.747. The number of hydrogen-bond acceptors (Lipinski definition) is 2. The van der Waals surface area contributed by atoms with Gasteiger partial charge in [0, 0.05) is 7.11 Å². The Hall–Kier alpha value is -3.05. The number of benzene rings is 3. The number of aliphatic hydroxyl groups excluding tert-OH is 2. The highest BCUT2D eigenvalue weighted by atomic mass is 19.4. The average Bonchev–Trinajstić information content (AvgIpc) is 2.94. The zero-order chi connectivity index (χ0) is 36.3. The van der Waals surface area contributed by atoms with Crippen LogP contribution in [0.2, 0.25) is 0 Å². The van der Waals surface area contributed by atoms with Crippen LogP contribution in [0.1, 0.15) is 81.8 Å². The standard InChI is InChI=1S/2C11H13F3.C10H11F3O.C2H6.CH4O/c2*1-8(2)6-9-4-3-5-10(7-9)11(12,13)14;1-7(14)5-8-3-2-4-9(6-8)10(11,12)13;2*1-2/h2*3-5,7-8H,6H2,1-2H3;2-4,6-7,14H,5H2,1H3;1-2H3;2H,1H3/t;;7-;;/m..1../s1. The van der Waals surface area contributed by atoms with E-state index in [1.807, 2.05) is 41.5 Å². The topological polar surface area (TPSA) is 40.5 Å². The fourth-order valence-corrected chi connectivity index (χ4v) is 3.91. The summed E-state index contributed by atoms with van der Waals surface area (Å²) in [6, 6.07) is 16.0. The van der Waals surface area contributed by atoms with Crippen molar-refractivity contribution in [1.82, 2.24) is 0 Å². The minimum Gasteiger partial charge on any atom is -0.400 e. The summed E-state index contributed by atoms with van der Waals surface area (Å²) in [4.78, 5) is 0. The van der Waals surface area contributed by atoms with E-state index < -0.39 is 41.3 Å². The number of alkyl halides is 9. The number of aliphatic hydroxyl groups is 2. The van der Waals surface area contributed by atoms with Crippen molar-refractivity contribution in [2.75, 3.05) is 7.11 Å². The van der Waals surface area contributed by atoms with Gasteiger partial charge < -0.3 is 10.2 Å². The second kappa shape index (κ2) is 21.7. The van der Waals surface area contributed by atoms with Crippen LogP contribution in [0.25, 0.3) is 0 Å². The average molecular weight is 671 g/mol. The van der Waals surface area contributed by atoms with Crippen LogP contribution in [-0.2, 0) is 37.8 Å². The SMILES string of the molecule is CC.CC(C)Cc1cccc(C(F)(F)F)c1.CC(C)Cc1cccc(C(F)(F)F)c1.CO.C[C@@H](O)Cc1cccc(C(F)(F)F)c1. The lowest BCUT2D eigenvalue weighted by atomic mass is 10.0. The molecule has 3 aromatic rings. The molecular formula is C35H47F9O2. The van der Waals surface area contributed by atoms with Gasteiger partial charge >= 0.3 is 18.5 Å². The van der Waals surface area contributed by atoms with E-state index in [2.05, 4.69) is 0 Å². The first-order valence-corrected chi connectivity index (χ1v) is 14.8. The molecule has 1 atom stereocenters. The molecule has 46 heavy (non-hydrogen) atoms. The molecule has 0 unspecified atom stereocenters. The molecule has 0 amide bonds. The minimum absolute atomic E-state index is 0.240. The third kappa shape index (κ3) is 20.2. The van der Waals surface area contributed by atoms with Crippen LogP contribution in [0, 0.1) is 11.8 Å². The highest BCUT2D eigenvalue weighted by molar-refractivity contribution is 5.27. The monoisotopic (exact) mass is 670 g/mol. The van der Waals surface area contributed by atoms with Crippen molar-refractivity contribution < 1.29 is 49.7 Å². The van der Waals surface area contributed by atoms with Crippen LogP contribution < -0.4 is 0 Å². The van der Waals surface area contributed by atoms with Crippen molar-refractivity contribution in [2.45, 2.75) is 92.4 Å². The Morgan fingerprint density at radius 3 is 0.913 bits per heavy atom. The number of hydrogen-bond donors (Lipinski definition) is 2. The van der Waals surface area contributed by atoms with Gasteiger partial charge in [0.1, 0.15) is 0 Å². The summed E-state index contributed by atoms with van der Waals surface area (Å²) in [5.41, 5.74) is 0.196. The van der Waals surface area contributed by atoms with E-state index in [1.165, 1.54) is 30.3 Å². The highest BCUT2D eigenvalue weighted by Crippen LogP contribution is 2.31.